The van der Waals surface area contributed by atoms with Gasteiger partial charge in [-0.25, -0.2) is 0 Å². The summed E-state index contributed by atoms with van der Waals surface area (Å²) in [5, 5.41) is 10.9. The lowest BCUT2D eigenvalue weighted by Gasteiger charge is -2.62. The number of carbonyl (C=O) groups is 1. The zero-order valence-corrected chi connectivity index (χ0v) is 24.2. The Labute approximate surface area is 225 Å². The van der Waals surface area contributed by atoms with Crippen molar-refractivity contribution >= 4 is 5.91 Å². The van der Waals surface area contributed by atoms with E-state index in [0.717, 1.165) is 43.8 Å². The first-order valence-electron chi connectivity index (χ1n) is 15.2. The van der Waals surface area contributed by atoms with Gasteiger partial charge in [-0.05, 0) is 109 Å². The molecule has 3 heteroatoms. The molecule has 37 heavy (non-hydrogen) atoms. The lowest BCUT2D eigenvalue weighted by molar-refractivity contribution is -0.0962. The van der Waals surface area contributed by atoms with Gasteiger partial charge in [0.2, 0.25) is 0 Å². The van der Waals surface area contributed by atoms with E-state index < -0.39 is 0 Å². The van der Waals surface area contributed by atoms with Gasteiger partial charge in [-0.1, -0.05) is 70.9 Å². The number of allylic oxidation sites excluding steroid dienone is 2. The third-order valence-electron chi connectivity index (χ3n) is 13.2. The van der Waals surface area contributed by atoms with Crippen LogP contribution >= 0.6 is 0 Å². The van der Waals surface area contributed by atoms with Gasteiger partial charge in [-0.2, -0.15) is 0 Å². The van der Waals surface area contributed by atoms with Gasteiger partial charge in [0.05, 0.1) is 6.10 Å². The normalized spacial score (nSPS) is 41.2. The minimum absolute atomic E-state index is 0.00652. The van der Waals surface area contributed by atoms with Crippen LogP contribution in [0.2, 0.25) is 0 Å². The highest BCUT2D eigenvalue weighted by atomic mass is 16.3. The number of rotatable bonds is 4. The first-order valence-corrected chi connectivity index (χ1v) is 15.2. The number of benzene rings is 1. The van der Waals surface area contributed by atoms with E-state index in [4.69, 9.17) is 0 Å². The Hall–Kier alpha value is -1.61. The van der Waals surface area contributed by atoms with E-state index in [2.05, 4.69) is 58.6 Å². The Morgan fingerprint density at radius 3 is 2.49 bits per heavy atom. The van der Waals surface area contributed by atoms with Crippen LogP contribution in [0, 0.1) is 39.4 Å². The number of aliphatic hydroxyl groups excluding tert-OH is 1. The van der Waals surface area contributed by atoms with Crippen molar-refractivity contribution < 1.29 is 9.90 Å². The molecule has 6 rings (SSSR count). The maximum Gasteiger partial charge on any atom is 0.254 e. The number of hydrogen-bond donors (Lipinski definition) is 1. The van der Waals surface area contributed by atoms with Crippen molar-refractivity contribution in [3.63, 3.8) is 0 Å². The largest absolute Gasteiger partial charge is 0.393 e. The Morgan fingerprint density at radius 1 is 0.973 bits per heavy atom. The molecule has 0 spiro atoms. The Bertz CT molecular complexity index is 1130. The number of fused-ring (bicyclic) bond motifs is 5. The molecular formula is C34H49NO2. The number of hydrogen-bond acceptors (Lipinski definition) is 2. The molecule has 202 valence electrons. The van der Waals surface area contributed by atoms with E-state index in [1.165, 1.54) is 44.1 Å². The van der Waals surface area contributed by atoms with Crippen molar-refractivity contribution in [2.75, 3.05) is 6.54 Å². The third-order valence-corrected chi connectivity index (χ3v) is 13.2. The molecule has 1 aliphatic heterocycles. The average Bonchev–Trinajstić information content (AvgIpc) is 3.33. The van der Waals surface area contributed by atoms with Crippen LogP contribution in [0.15, 0.2) is 35.4 Å². The topological polar surface area (TPSA) is 40.5 Å². The van der Waals surface area contributed by atoms with E-state index >= 15 is 0 Å². The van der Waals surface area contributed by atoms with Crippen LogP contribution in [0.5, 0.6) is 0 Å². The summed E-state index contributed by atoms with van der Waals surface area (Å²) in [6.45, 7) is 16.6. The van der Waals surface area contributed by atoms with Gasteiger partial charge in [0.15, 0.2) is 0 Å². The monoisotopic (exact) mass is 503 g/mol. The molecule has 1 amide bonds. The molecule has 2 fully saturated rings. The van der Waals surface area contributed by atoms with Crippen molar-refractivity contribution in [3.05, 3.63) is 46.5 Å². The van der Waals surface area contributed by atoms with Crippen molar-refractivity contribution in [2.24, 2.45) is 39.4 Å². The van der Waals surface area contributed by atoms with E-state index in [9.17, 15) is 9.90 Å². The first kappa shape index (κ1) is 25.7. The molecule has 1 N–H and O–H groups in total. The maximum absolute atomic E-state index is 12.9. The van der Waals surface area contributed by atoms with E-state index in [1.54, 1.807) is 5.57 Å². The molecule has 4 aliphatic carbocycles. The molecule has 0 bridgehead atoms. The predicted molar refractivity (Wildman–Crippen MR) is 150 cm³/mol. The molecular weight excluding hydrogens is 454 g/mol. The van der Waals surface area contributed by atoms with Crippen LogP contribution in [-0.4, -0.2) is 28.6 Å². The summed E-state index contributed by atoms with van der Waals surface area (Å²) in [7, 11) is 0. The second-order valence-electron chi connectivity index (χ2n) is 14.9. The zero-order valence-electron chi connectivity index (χ0n) is 24.2. The Balaban J connectivity index is 1.21. The summed E-state index contributed by atoms with van der Waals surface area (Å²) in [5.41, 5.74) is 6.63. The number of nitrogens with zero attached hydrogens (tertiary/aromatic N) is 1. The second-order valence-corrected chi connectivity index (χ2v) is 14.9. The SMILES string of the molecule is C[C@H](CCN1Cc2ccccc2C1=O)[C@H]1CC[C@@]2(C)C3=C(CC[C@]12C)[C@@]1(C)CC[C@H](O)C(C)(C)[C@@H]1CC3. The van der Waals surface area contributed by atoms with Gasteiger partial charge >= 0.3 is 0 Å². The highest BCUT2D eigenvalue weighted by molar-refractivity contribution is 5.98. The second kappa shape index (κ2) is 8.44. The van der Waals surface area contributed by atoms with Crippen LogP contribution < -0.4 is 0 Å². The predicted octanol–water partition coefficient (Wildman–Crippen LogP) is 7.78. The summed E-state index contributed by atoms with van der Waals surface area (Å²) >= 11 is 0. The lowest BCUT2D eigenvalue weighted by atomic mass is 9.43. The Morgan fingerprint density at radius 2 is 1.73 bits per heavy atom. The molecule has 0 radical (unpaired) electrons. The van der Waals surface area contributed by atoms with Gasteiger partial charge in [0.25, 0.3) is 5.91 Å². The van der Waals surface area contributed by atoms with Gasteiger partial charge in [-0.15, -0.1) is 0 Å². The number of aliphatic hydroxyl groups is 1. The average molecular weight is 504 g/mol. The van der Waals surface area contributed by atoms with Crippen molar-refractivity contribution in [3.8, 4) is 0 Å². The summed E-state index contributed by atoms with van der Waals surface area (Å²) in [6, 6.07) is 8.13. The van der Waals surface area contributed by atoms with Crippen LogP contribution in [0.3, 0.4) is 0 Å². The minimum atomic E-state index is -0.163. The fraction of sp³-hybridized carbons (Fsp3) is 0.735. The van der Waals surface area contributed by atoms with Crippen LogP contribution in [0.4, 0.5) is 0 Å². The van der Waals surface area contributed by atoms with Crippen LogP contribution in [0.25, 0.3) is 0 Å². The summed E-state index contributed by atoms with van der Waals surface area (Å²) < 4.78 is 0. The maximum atomic E-state index is 12.9. The smallest absolute Gasteiger partial charge is 0.254 e. The van der Waals surface area contributed by atoms with Crippen LogP contribution in [-0.2, 0) is 6.54 Å². The summed E-state index contributed by atoms with van der Waals surface area (Å²) in [4.78, 5) is 15.0. The van der Waals surface area contributed by atoms with Crippen molar-refractivity contribution in [1.29, 1.82) is 0 Å². The zero-order chi connectivity index (χ0) is 26.4. The van der Waals surface area contributed by atoms with Crippen molar-refractivity contribution in [2.45, 2.75) is 112 Å². The minimum Gasteiger partial charge on any atom is -0.393 e. The standard InChI is InChI=1S/C34H49NO2/c1-22(16-20-35-21-23-9-7-8-10-24(23)30(35)37)25-13-18-34(6)27-11-12-28-31(2,3)29(36)15-17-32(28,4)26(27)14-19-33(25,34)5/h7-10,22,25,28-29,36H,11-21H2,1-6H3/t22-,25-,28+,29+,32-,33-,34+/m1/s1. The van der Waals surface area contributed by atoms with Gasteiger partial charge in [0.1, 0.15) is 0 Å². The summed E-state index contributed by atoms with van der Waals surface area (Å²) in [5.74, 6) is 2.17. The van der Waals surface area contributed by atoms with E-state index in [0.29, 0.717) is 22.7 Å². The highest BCUT2D eigenvalue weighted by Crippen LogP contribution is 2.72. The third kappa shape index (κ3) is 3.44. The molecule has 0 unspecified atom stereocenters. The fourth-order valence-electron chi connectivity index (χ4n) is 10.7. The first-order chi connectivity index (χ1) is 17.4. The van der Waals surface area contributed by atoms with Crippen LogP contribution in [0.1, 0.15) is 115 Å². The molecule has 1 aromatic rings. The number of amides is 1. The molecule has 2 saturated carbocycles. The molecule has 1 heterocycles. The molecule has 0 saturated heterocycles. The molecule has 7 atom stereocenters. The molecule has 0 aromatic heterocycles. The summed E-state index contributed by atoms with van der Waals surface area (Å²) in [6.07, 6.45) is 10.7. The fourth-order valence-corrected chi connectivity index (χ4v) is 10.7. The van der Waals surface area contributed by atoms with Gasteiger partial charge in [0, 0.05) is 18.7 Å². The van der Waals surface area contributed by atoms with E-state index in [1.807, 2.05) is 17.7 Å². The highest BCUT2D eigenvalue weighted by Gasteiger charge is 2.63. The molecule has 1 aromatic carbocycles. The van der Waals surface area contributed by atoms with Gasteiger partial charge in [-0.3, -0.25) is 4.79 Å². The molecule has 3 nitrogen and oxygen atoms in total. The number of carbonyl (C=O) groups excluding carboxylic acids is 1. The quantitative estimate of drug-likeness (QED) is 0.426. The molecule has 5 aliphatic rings. The Kier molecular flexibility index (Phi) is 5.85. The van der Waals surface area contributed by atoms with E-state index in [-0.39, 0.29) is 22.8 Å². The van der Waals surface area contributed by atoms with Gasteiger partial charge < -0.3 is 10.0 Å². The lowest BCUT2D eigenvalue weighted by Crippen LogP contribution is -2.55. The van der Waals surface area contributed by atoms with Crippen molar-refractivity contribution in [1.82, 2.24) is 4.90 Å².